The second-order valence-corrected chi connectivity index (χ2v) is 5.78. The zero-order chi connectivity index (χ0) is 15.9. The van der Waals surface area contributed by atoms with Gasteiger partial charge in [-0.05, 0) is 38.0 Å². The first kappa shape index (κ1) is 16.2. The molecule has 0 bridgehead atoms. The van der Waals surface area contributed by atoms with Crippen LogP contribution in [0.5, 0.6) is 0 Å². The molecule has 2 aromatic rings. The van der Waals surface area contributed by atoms with Crippen LogP contribution in [0.3, 0.4) is 0 Å². The molecule has 0 radical (unpaired) electrons. The van der Waals surface area contributed by atoms with Crippen LogP contribution in [0.25, 0.3) is 0 Å². The van der Waals surface area contributed by atoms with Gasteiger partial charge in [0.25, 0.3) is 0 Å². The van der Waals surface area contributed by atoms with Gasteiger partial charge >= 0.3 is 0 Å². The standard InChI is InChI=1S/C19H24N2O/c1-14-5-4-6-17(12-14)13-20-10-9-19(22)21-18-8-7-15(2)11-16(18)3/h4-8,11-12,20H,9-10,13H2,1-3H3,(H,21,22). The Morgan fingerprint density at radius 2 is 1.77 bits per heavy atom. The van der Waals surface area contributed by atoms with Crippen molar-refractivity contribution in [2.75, 3.05) is 11.9 Å². The van der Waals surface area contributed by atoms with Crippen LogP contribution < -0.4 is 10.6 Å². The Labute approximate surface area is 132 Å². The van der Waals surface area contributed by atoms with Crippen molar-refractivity contribution in [1.82, 2.24) is 5.32 Å². The average Bonchev–Trinajstić information content (AvgIpc) is 2.47. The van der Waals surface area contributed by atoms with Gasteiger partial charge in [0.05, 0.1) is 0 Å². The lowest BCUT2D eigenvalue weighted by Crippen LogP contribution is -2.21. The number of hydrogen-bond donors (Lipinski definition) is 2. The van der Waals surface area contributed by atoms with Crippen molar-refractivity contribution in [1.29, 1.82) is 0 Å². The number of rotatable bonds is 6. The van der Waals surface area contributed by atoms with Crippen LogP contribution in [0.2, 0.25) is 0 Å². The fraction of sp³-hybridized carbons (Fsp3) is 0.316. The molecule has 0 aliphatic heterocycles. The molecule has 22 heavy (non-hydrogen) atoms. The molecule has 0 aliphatic rings. The van der Waals surface area contributed by atoms with Gasteiger partial charge in [-0.3, -0.25) is 4.79 Å². The van der Waals surface area contributed by atoms with E-state index in [-0.39, 0.29) is 5.91 Å². The molecule has 116 valence electrons. The molecule has 2 rings (SSSR count). The maximum absolute atomic E-state index is 12.0. The molecule has 1 amide bonds. The molecule has 3 nitrogen and oxygen atoms in total. The second-order valence-electron chi connectivity index (χ2n) is 5.78. The minimum atomic E-state index is 0.0451. The molecule has 0 saturated carbocycles. The van der Waals surface area contributed by atoms with Crippen LogP contribution in [0, 0.1) is 20.8 Å². The molecule has 0 atom stereocenters. The van der Waals surface area contributed by atoms with Gasteiger partial charge < -0.3 is 10.6 Å². The van der Waals surface area contributed by atoms with Crippen molar-refractivity contribution >= 4 is 11.6 Å². The van der Waals surface area contributed by atoms with E-state index in [9.17, 15) is 4.79 Å². The first-order chi connectivity index (χ1) is 10.5. The largest absolute Gasteiger partial charge is 0.326 e. The summed E-state index contributed by atoms with van der Waals surface area (Å²) in [6.07, 6.45) is 0.471. The Morgan fingerprint density at radius 3 is 2.50 bits per heavy atom. The maximum atomic E-state index is 12.0. The molecular weight excluding hydrogens is 272 g/mol. The van der Waals surface area contributed by atoms with Crippen molar-refractivity contribution in [3.63, 3.8) is 0 Å². The maximum Gasteiger partial charge on any atom is 0.225 e. The zero-order valence-corrected chi connectivity index (χ0v) is 13.6. The molecule has 3 heteroatoms. The first-order valence-corrected chi connectivity index (χ1v) is 7.68. The lowest BCUT2D eigenvalue weighted by molar-refractivity contribution is -0.116. The van der Waals surface area contributed by atoms with E-state index in [0.29, 0.717) is 13.0 Å². The minimum Gasteiger partial charge on any atom is -0.326 e. The Balaban J connectivity index is 1.74. The number of nitrogens with one attached hydrogen (secondary N) is 2. The first-order valence-electron chi connectivity index (χ1n) is 7.68. The molecule has 0 unspecified atom stereocenters. The van der Waals surface area contributed by atoms with E-state index in [1.165, 1.54) is 16.7 Å². The van der Waals surface area contributed by atoms with Crippen molar-refractivity contribution in [2.24, 2.45) is 0 Å². The van der Waals surface area contributed by atoms with Gasteiger partial charge in [-0.1, -0.05) is 47.5 Å². The van der Waals surface area contributed by atoms with Crippen molar-refractivity contribution < 1.29 is 4.79 Å². The van der Waals surface area contributed by atoms with Gasteiger partial charge in [-0.15, -0.1) is 0 Å². The molecule has 0 aromatic heterocycles. The summed E-state index contributed by atoms with van der Waals surface area (Å²) in [6, 6.07) is 14.4. The summed E-state index contributed by atoms with van der Waals surface area (Å²) in [6.45, 7) is 7.61. The summed E-state index contributed by atoms with van der Waals surface area (Å²) in [7, 11) is 0. The molecule has 2 aromatic carbocycles. The van der Waals surface area contributed by atoms with Gasteiger partial charge in [0, 0.05) is 25.2 Å². The van der Waals surface area contributed by atoms with Crippen LogP contribution in [-0.4, -0.2) is 12.5 Å². The lowest BCUT2D eigenvalue weighted by Gasteiger charge is -2.10. The smallest absolute Gasteiger partial charge is 0.225 e. The van der Waals surface area contributed by atoms with Crippen LogP contribution >= 0.6 is 0 Å². The van der Waals surface area contributed by atoms with Crippen molar-refractivity contribution in [3.05, 3.63) is 64.7 Å². The van der Waals surface area contributed by atoms with E-state index in [2.05, 4.69) is 47.9 Å². The third-order valence-electron chi connectivity index (χ3n) is 3.60. The highest BCUT2D eigenvalue weighted by molar-refractivity contribution is 5.91. The van der Waals surface area contributed by atoms with Crippen LogP contribution in [0.4, 0.5) is 5.69 Å². The highest BCUT2D eigenvalue weighted by Gasteiger charge is 2.04. The third-order valence-corrected chi connectivity index (χ3v) is 3.60. The Kier molecular flexibility index (Phi) is 5.73. The summed E-state index contributed by atoms with van der Waals surface area (Å²) in [5.41, 5.74) is 5.70. The molecule has 0 spiro atoms. The molecule has 2 N–H and O–H groups in total. The highest BCUT2D eigenvalue weighted by atomic mass is 16.1. The van der Waals surface area contributed by atoms with Crippen molar-refractivity contribution in [3.8, 4) is 0 Å². The molecule has 0 heterocycles. The van der Waals surface area contributed by atoms with Gasteiger partial charge in [0.1, 0.15) is 0 Å². The van der Waals surface area contributed by atoms with E-state index in [1.54, 1.807) is 0 Å². The third kappa shape index (κ3) is 5.01. The number of carbonyl (C=O) groups is 1. The van der Waals surface area contributed by atoms with Crippen LogP contribution in [0.15, 0.2) is 42.5 Å². The van der Waals surface area contributed by atoms with Gasteiger partial charge in [-0.25, -0.2) is 0 Å². The number of benzene rings is 2. The number of carbonyl (C=O) groups excluding carboxylic acids is 1. The van der Waals surface area contributed by atoms with Gasteiger partial charge in [0.15, 0.2) is 0 Å². The fourth-order valence-electron chi connectivity index (χ4n) is 2.42. The van der Waals surface area contributed by atoms with Crippen LogP contribution in [0.1, 0.15) is 28.7 Å². The minimum absolute atomic E-state index is 0.0451. The molecular formula is C19H24N2O. The monoisotopic (exact) mass is 296 g/mol. The summed E-state index contributed by atoms with van der Waals surface area (Å²) in [4.78, 5) is 12.0. The van der Waals surface area contributed by atoms with E-state index < -0.39 is 0 Å². The average molecular weight is 296 g/mol. The predicted molar refractivity (Wildman–Crippen MR) is 92.0 cm³/mol. The SMILES string of the molecule is Cc1cccc(CNCCC(=O)Nc2ccc(C)cc2C)c1. The summed E-state index contributed by atoms with van der Waals surface area (Å²) in [5.74, 6) is 0.0451. The van der Waals surface area contributed by atoms with E-state index in [4.69, 9.17) is 0 Å². The normalized spacial score (nSPS) is 10.5. The molecule has 0 saturated heterocycles. The fourth-order valence-corrected chi connectivity index (χ4v) is 2.42. The Morgan fingerprint density at radius 1 is 1.00 bits per heavy atom. The highest BCUT2D eigenvalue weighted by Crippen LogP contribution is 2.16. The zero-order valence-electron chi connectivity index (χ0n) is 13.6. The predicted octanol–water partition coefficient (Wildman–Crippen LogP) is 3.73. The molecule has 0 fully saturated rings. The van der Waals surface area contributed by atoms with Crippen LogP contribution in [-0.2, 0) is 11.3 Å². The summed E-state index contributed by atoms with van der Waals surface area (Å²) in [5, 5.41) is 6.27. The topological polar surface area (TPSA) is 41.1 Å². The van der Waals surface area contributed by atoms with Gasteiger partial charge in [-0.2, -0.15) is 0 Å². The Hall–Kier alpha value is -2.13. The van der Waals surface area contributed by atoms with Gasteiger partial charge in [0.2, 0.25) is 5.91 Å². The quantitative estimate of drug-likeness (QED) is 0.798. The lowest BCUT2D eigenvalue weighted by atomic mass is 10.1. The van der Waals surface area contributed by atoms with E-state index in [1.807, 2.05) is 26.0 Å². The summed E-state index contributed by atoms with van der Waals surface area (Å²) < 4.78 is 0. The Bertz CT molecular complexity index is 650. The van der Waals surface area contributed by atoms with E-state index >= 15 is 0 Å². The number of hydrogen-bond acceptors (Lipinski definition) is 2. The number of aryl methyl sites for hydroxylation is 3. The number of amides is 1. The number of anilines is 1. The molecule has 0 aliphatic carbocycles. The second kappa shape index (κ2) is 7.76. The van der Waals surface area contributed by atoms with E-state index in [0.717, 1.165) is 17.8 Å². The summed E-state index contributed by atoms with van der Waals surface area (Å²) >= 11 is 0. The van der Waals surface area contributed by atoms with Crippen molar-refractivity contribution in [2.45, 2.75) is 33.7 Å².